The summed E-state index contributed by atoms with van der Waals surface area (Å²) in [6.45, 7) is 1.24. The van der Waals surface area contributed by atoms with E-state index in [9.17, 15) is 18.0 Å². The molecule has 0 bridgehead atoms. The maximum atomic E-state index is 11.8. The van der Waals surface area contributed by atoms with Crippen molar-refractivity contribution in [2.45, 2.75) is 38.3 Å². The van der Waals surface area contributed by atoms with Gasteiger partial charge in [0.15, 0.2) is 0 Å². The molecule has 1 rings (SSSR count). The summed E-state index contributed by atoms with van der Waals surface area (Å²) in [7, 11) is 0. The minimum Gasteiger partial charge on any atom is -0.343 e. The maximum absolute atomic E-state index is 11.8. The van der Waals surface area contributed by atoms with E-state index >= 15 is 0 Å². The summed E-state index contributed by atoms with van der Waals surface area (Å²) in [5, 5.41) is 0. The third-order valence-corrected chi connectivity index (χ3v) is 2.33. The van der Waals surface area contributed by atoms with E-state index in [0.717, 1.165) is 19.3 Å². The van der Waals surface area contributed by atoms with Gasteiger partial charge < -0.3 is 4.90 Å². The number of hydrogen-bond donors (Lipinski definition) is 0. The van der Waals surface area contributed by atoms with Crippen molar-refractivity contribution in [1.29, 1.82) is 0 Å². The molecule has 0 N–H and O–H groups in total. The topological polar surface area (TPSA) is 20.3 Å². The van der Waals surface area contributed by atoms with Crippen LogP contribution in [-0.4, -0.2) is 30.1 Å². The van der Waals surface area contributed by atoms with Gasteiger partial charge in [-0.1, -0.05) is 0 Å². The highest BCUT2D eigenvalue weighted by molar-refractivity contribution is 5.76. The standard InChI is InChI=1S/C9H14F3NO/c10-9(11,12)5-4-8(14)13-6-2-1-3-7-13/h1-7H2. The number of amides is 1. The zero-order valence-electron chi connectivity index (χ0n) is 7.94. The number of nitrogens with zero attached hydrogens (tertiary/aromatic N) is 1. The molecule has 0 aromatic carbocycles. The Kier molecular flexibility index (Phi) is 3.77. The first kappa shape index (κ1) is 11.3. The molecule has 0 aromatic heterocycles. The number of carbonyl (C=O) groups excluding carboxylic acids is 1. The Morgan fingerprint density at radius 2 is 1.71 bits per heavy atom. The van der Waals surface area contributed by atoms with E-state index in [4.69, 9.17) is 0 Å². The van der Waals surface area contributed by atoms with Crippen molar-refractivity contribution in [2.24, 2.45) is 0 Å². The van der Waals surface area contributed by atoms with Gasteiger partial charge in [0.05, 0.1) is 6.42 Å². The normalized spacial score (nSPS) is 18.4. The molecule has 2 nitrogen and oxygen atoms in total. The molecular formula is C9H14F3NO. The summed E-state index contributed by atoms with van der Waals surface area (Å²) in [6, 6.07) is 0. The Hall–Kier alpha value is -0.740. The second kappa shape index (κ2) is 4.66. The van der Waals surface area contributed by atoms with Crippen LogP contribution in [0.4, 0.5) is 13.2 Å². The molecule has 0 atom stereocenters. The Balaban J connectivity index is 2.27. The molecule has 14 heavy (non-hydrogen) atoms. The number of carbonyl (C=O) groups is 1. The second-order valence-electron chi connectivity index (χ2n) is 3.56. The summed E-state index contributed by atoms with van der Waals surface area (Å²) in [6.07, 6.45) is -2.71. The van der Waals surface area contributed by atoms with Crippen LogP contribution in [0.1, 0.15) is 32.1 Å². The van der Waals surface area contributed by atoms with Gasteiger partial charge in [0, 0.05) is 19.5 Å². The van der Waals surface area contributed by atoms with Crippen molar-refractivity contribution >= 4 is 5.91 Å². The van der Waals surface area contributed by atoms with Crippen molar-refractivity contribution in [1.82, 2.24) is 4.90 Å². The molecule has 1 fully saturated rings. The van der Waals surface area contributed by atoms with Crippen LogP contribution in [0.2, 0.25) is 0 Å². The molecule has 0 spiro atoms. The summed E-state index contributed by atoms with van der Waals surface area (Å²) >= 11 is 0. The lowest BCUT2D eigenvalue weighted by atomic mass is 10.1. The first-order valence-corrected chi connectivity index (χ1v) is 4.83. The molecule has 0 aliphatic carbocycles. The first-order valence-electron chi connectivity index (χ1n) is 4.83. The molecule has 0 radical (unpaired) electrons. The molecule has 1 saturated heterocycles. The molecule has 1 heterocycles. The molecule has 0 saturated carbocycles. The summed E-state index contributed by atoms with van der Waals surface area (Å²) in [5.74, 6) is -0.359. The van der Waals surface area contributed by atoms with Gasteiger partial charge in [-0.05, 0) is 19.3 Å². The van der Waals surface area contributed by atoms with E-state index in [1.54, 1.807) is 0 Å². The number of alkyl halides is 3. The van der Waals surface area contributed by atoms with Gasteiger partial charge in [-0.15, -0.1) is 0 Å². The highest BCUT2D eigenvalue weighted by atomic mass is 19.4. The van der Waals surface area contributed by atoms with Crippen LogP contribution >= 0.6 is 0 Å². The van der Waals surface area contributed by atoms with E-state index in [-0.39, 0.29) is 5.91 Å². The fraction of sp³-hybridized carbons (Fsp3) is 0.889. The largest absolute Gasteiger partial charge is 0.389 e. The molecule has 1 aliphatic rings. The molecule has 1 amide bonds. The summed E-state index contributed by atoms with van der Waals surface area (Å²) in [4.78, 5) is 12.8. The zero-order chi connectivity index (χ0) is 10.6. The van der Waals surface area contributed by atoms with Crippen molar-refractivity contribution < 1.29 is 18.0 Å². The highest BCUT2D eigenvalue weighted by Gasteiger charge is 2.29. The molecular weight excluding hydrogens is 195 g/mol. The van der Waals surface area contributed by atoms with E-state index < -0.39 is 19.0 Å². The third-order valence-electron chi connectivity index (χ3n) is 2.33. The average Bonchev–Trinajstić information content (AvgIpc) is 2.14. The van der Waals surface area contributed by atoms with Crippen LogP contribution in [0.3, 0.4) is 0 Å². The van der Waals surface area contributed by atoms with Crippen LogP contribution in [0, 0.1) is 0 Å². The average molecular weight is 209 g/mol. The first-order chi connectivity index (χ1) is 6.49. The molecule has 1 aliphatic heterocycles. The van der Waals surface area contributed by atoms with Gasteiger partial charge in [-0.3, -0.25) is 4.79 Å². The maximum Gasteiger partial charge on any atom is 0.389 e. The predicted molar refractivity (Wildman–Crippen MR) is 45.7 cm³/mol. The van der Waals surface area contributed by atoms with Gasteiger partial charge in [0.25, 0.3) is 0 Å². The Bertz CT molecular complexity index is 197. The number of hydrogen-bond acceptors (Lipinski definition) is 1. The lowest BCUT2D eigenvalue weighted by molar-refractivity contribution is -0.149. The van der Waals surface area contributed by atoms with Crippen molar-refractivity contribution in [2.75, 3.05) is 13.1 Å². The summed E-state index contributed by atoms with van der Waals surface area (Å²) < 4.78 is 35.4. The van der Waals surface area contributed by atoms with Crippen molar-refractivity contribution in [3.63, 3.8) is 0 Å². The Morgan fingerprint density at radius 3 is 2.21 bits per heavy atom. The molecule has 5 heteroatoms. The predicted octanol–water partition coefficient (Wildman–Crippen LogP) is 2.34. The molecule has 0 aromatic rings. The van der Waals surface area contributed by atoms with Gasteiger partial charge in [-0.2, -0.15) is 13.2 Å². The molecule has 0 unspecified atom stereocenters. The van der Waals surface area contributed by atoms with E-state index in [1.165, 1.54) is 4.90 Å². The van der Waals surface area contributed by atoms with E-state index in [2.05, 4.69) is 0 Å². The van der Waals surface area contributed by atoms with Crippen molar-refractivity contribution in [3.05, 3.63) is 0 Å². The van der Waals surface area contributed by atoms with Crippen LogP contribution in [0.15, 0.2) is 0 Å². The lowest BCUT2D eigenvalue weighted by Crippen LogP contribution is -2.36. The molecule has 82 valence electrons. The number of rotatable bonds is 2. The van der Waals surface area contributed by atoms with Crippen LogP contribution in [-0.2, 0) is 4.79 Å². The van der Waals surface area contributed by atoms with E-state index in [1.807, 2.05) is 0 Å². The number of halogens is 3. The monoisotopic (exact) mass is 209 g/mol. The van der Waals surface area contributed by atoms with Crippen LogP contribution in [0.5, 0.6) is 0 Å². The van der Waals surface area contributed by atoms with Gasteiger partial charge >= 0.3 is 6.18 Å². The van der Waals surface area contributed by atoms with Crippen molar-refractivity contribution in [3.8, 4) is 0 Å². The van der Waals surface area contributed by atoms with E-state index in [0.29, 0.717) is 13.1 Å². The zero-order valence-corrected chi connectivity index (χ0v) is 7.94. The lowest BCUT2D eigenvalue weighted by Gasteiger charge is -2.26. The third kappa shape index (κ3) is 3.98. The Morgan fingerprint density at radius 1 is 1.14 bits per heavy atom. The number of likely N-dealkylation sites (tertiary alicyclic amines) is 1. The van der Waals surface area contributed by atoms with Gasteiger partial charge in [-0.25, -0.2) is 0 Å². The smallest absolute Gasteiger partial charge is 0.343 e. The quantitative estimate of drug-likeness (QED) is 0.683. The fourth-order valence-corrected chi connectivity index (χ4v) is 1.55. The Labute approximate surface area is 81.1 Å². The fourth-order valence-electron chi connectivity index (χ4n) is 1.55. The summed E-state index contributed by atoms with van der Waals surface area (Å²) in [5.41, 5.74) is 0. The second-order valence-corrected chi connectivity index (χ2v) is 3.56. The number of piperidine rings is 1. The minimum absolute atomic E-state index is 0.359. The highest BCUT2D eigenvalue weighted by Crippen LogP contribution is 2.22. The van der Waals surface area contributed by atoms with Gasteiger partial charge in [0.1, 0.15) is 0 Å². The van der Waals surface area contributed by atoms with Gasteiger partial charge in [0.2, 0.25) is 5.91 Å². The van der Waals surface area contributed by atoms with Crippen LogP contribution in [0.25, 0.3) is 0 Å². The minimum atomic E-state index is -4.22. The SMILES string of the molecule is O=C(CCC(F)(F)F)N1CCCCC1. The van der Waals surface area contributed by atoms with Crippen LogP contribution < -0.4 is 0 Å².